The van der Waals surface area contributed by atoms with Crippen LogP contribution in [0.2, 0.25) is 0 Å². The molecule has 0 radical (unpaired) electrons. The van der Waals surface area contributed by atoms with E-state index in [0.717, 1.165) is 11.1 Å². The van der Waals surface area contributed by atoms with Gasteiger partial charge in [-0.15, -0.1) is 0 Å². The minimum Gasteiger partial charge on any atom is -0.422 e. The number of carbonyl (C=O) groups excluding carboxylic acids is 1. The van der Waals surface area contributed by atoms with Gasteiger partial charge in [0.25, 0.3) is 0 Å². The fourth-order valence-corrected chi connectivity index (χ4v) is 1.35. The summed E-state index contributed by atoms with van der Waals surface area (Å²) in [5.41, 5.74) is 2.49. The average Bonchev–Trinajstić information content (AvgIpc) is 2.35. The maximum absolute atomic E-state index is 11.7. The lowest BCUT2D eigenvalue weighted by Gasteiger charge is -2.05. The number of esters is 1. The molecule has 0 unspecified atom stereocenters. The first-order chi connectivity index (χ1) is 8.16. The first kappa shape index (κ1) is 11.3. The summed E-state index contributed by atoms with van der Waals surface area (Å²) in [6.45, 7) is 3.97. The van der Waals surface area contributed by atoms with Gasteiger partial charge in [0.2, 0.25) is 0 Å². The zero-order valence-corrected chi connectivity index (χ0v) is 9.68. The van der Waals surface area contributed by atoms with Gasteiger partial charge in [-0.2, -0.15) is 0 Å². The summed E-state index contributed by atoms with van der Waals surface area (Å²) in [5.74, 6) is 0.0485. The molecule has 2 aromatic rings. The Morgan fingerprint density at radius 3 is 2.65 bits per heavy atom. The van der Waals surface area contributed by atoms with E-state index in [4.69, 9.17) is 4.74 Å². The number of aromatic nitrogens is 2. The van der Waals surface area contributed by atoms with Crippen LogP contribution in [0.15, 0.2) is 36.8 Å². The van der Waals surface area contributed by atoms with Crippen molar-refractivity contribution in [2.75, 3.05) is 0 Å². The molecule has 0 atom stereocenters. The number of nitrogens with zero attached hydrogens (tertiary/aromatic N) is 2. The smallest absolute Gasteiger partial charge is 0.362 e. The van der Waals surface area contributed by atoms with Crippen molar-refractivity contribution in [2.24, 2.45) is 0 Å². The number of hydrogen-bond acceptors (Lipinski definition) is 4. The molecule has 0 saturated heterocycles. The Labute approximate surface area is 99.3 Å². The number of rotatable bonds is 2. The van der Waals surface area contributed by atoms with Gasteiger partial charge in [0.1, 0.15) is 12.1 Å². The summed E-state index contributed by atoms with van der Waals surface area (Å²) in [7, 11) is 0. The van der Waals surface area contributed by atoms with Gasteiger partial charge in [0, 0.05) is 6.20 Å². The lowest BCUT2D eigenvalue weighted by molar-refractivity contribution is 0.0728. The van der Waals surface area contributed by atoms with Crippen molar-refractivity contribution >= 4 is 5.97 Å². The van der Waals surface area contributed by atoms with Crippen LogP contribution in [0.5, 0.6) is 5.75 Å². The molecule has 0 aliphatic heterocycles. The van der Waals surface area contributed by atoms with Crippen LogP contribution in [-0.2, 0) is 0 Å². The number of aryl methyl sites for hydroxylation is 2. The third kappa shape index (κ3) is 2.66. The van der Waals surface area contributed by atoms with Gasteiger partial charge in [-0.3, -0.25) is 0 Å². The lowest BCUT2D eigenvalue weighted by atomic mass is 10.1. The van der Waals surface area contributed by atoms with Crippen molar-refractivity contribution in [3.63, 3.8) is 0 Å². The van der Waals surface area contributed by atoms with E-state index < -0.39 is 5.97 Å². The number of benzene rings is 1. The van der Waals surface area contributed by atoms with Crippen molar-refractivity contribution in [3.05, 3.63) is 53.6 Å². The highest BCUT2D eigenvalue weighted by Gasteiger charge is 2.09. The first-order valence-corrected chi connectivity index (χ1v) is 5.22. The molecule has 0 aliphatic rings. The molecule has 0 aliphatic carbocycles. The van der Waals surface area contributed by atoms with E-state index in [9.17, 15) is 4.79 Å². The summed E-state index contributed by atoms with van der Waals surface area (Å²) < 4.78 is 5.21. The largest absolute Gasteiger partial charge is 0.422 e. The summed E-state index contributed by atoms with van der Waals surface area (Å²) in [4.78, 5) is 19.3. The molecule has 0 bridgehead atoms. The molecular weight excluding hydrogens is 216 g/mol. The van der Waals surface area contributed by atoms with E-state index in [1.165, 1.54) is 18.6 Å². The predicted molar refractivity (Wildman–Crippen MR) is 62.9 cm³/mol. The van der Waals surface area contributed by atoms with Crippen LogP contribution in [0, 0.1) is 13.8 Å². The van der Waals surface area contributed by atoms with Crippen LogP contribution in [0.1, 0.15) is 21.6 Å². The van der Waals surface area contributed by atoms with E-state index in [2.05, 4.69) is 9.97 Å². The molecule has 4 nitrogen and oxygen atoms in total. The SMILES string of the molecule is Cc1ccc(OC(=O)c2ccncn2)cc1C. The summed E-state index contributed by atoms with van der Waals surface area (Å²) in [6, 6.07) is 7.02. The van der Waals surface area contributed by atoms with Crippen molar-refractivity contribution in [1.82, 2.24) is 9.97 Å². The maximum Gasteiger partial charge on any atom is 0.362 e. The highest BCUT2D eigenvalue weighted by molar-refractivity contribution is 5.88. The predicted octanol–water partition coefficient (Wildman–Crippen LogP) is 2.31. The zero-order chi connectivity index (χ0) is 12.3. The summed E-state index contributed by atoms with van der Waals surface area (Å²) >= 11 is 0. The molecule has 1 heterocycles. The Bertz CT molecular complexity index is 538. The van der Waals surface area contributed by atoms with E-state index in [1.807, 2.05) is 26.0 Å². The van der Waals surface area contributed by atoms with Gasteiger partial charge < -0.3 is 4.74 Å². The molecule has 0 fully saturated rings. The monoisotopic (exact) mass is 228 g/mol. The standard InChI is InChI=1S/C13H12N2O2/c1-9-3-4-11(7-10(9)2)17-13(16)12-5-6-14-8-15-12/h3-8H,1-2H3. The molecule has 17 heavy (non-hydrogen) atoms. The average molecular weight is 228 g/mol. The molecule has 0 saturated carbocycles. The van der Waals surface area contributed by atoms with Gasteiger partial charge in [-0.1, -0.05) is 6.07 Å². The van der Waals surface area contributed by atoms with Crippen LogP contribution < -0.4 is 4.74 Å². The van der Waals surface area contributed by atoms with Crippen molar-refractivity contribution < 1.29 is 9.53 Å². The maximum atomic E-state index is 11.7. The van der Waals surface area contributed by atoms with Gasteiger partial charge >= 0.3 is 5.97 Å². The van der Waals surface area contributed by atoms with Crippen molar-refractivity contribution in [2.45, 2.75) is 13.8 Å². The fraction of sp³-hybridized carbons (Fsp3) is 0.154. The zero-order valence-electron chi connectivity index (χ0n) is 9.68. The van der Waals surface area contributed by atoms with Crippen LogP contribution in [0.3, 0.4) is 0 Å². The molecule has 2 rings (SSSR count). The Balaban J connectivity index is 2.16. The highest BCUT2D eigenvalue weighted by Crippen LogP contribution is 2.17. The van der Waals surface area contributed by atoms with E-state index >= 15 is 0 Å². The first-order valence-electron chi connectivity index (χ1n) is 5.22. The van der Waals surface area contributed by atoms with E-state index in [0.29, 0.717) is 5.75 Å². The fourth-order valence-electron chi connectivity index (χ4n) is 1.35. The second-order valence-corrected chi connectivity index (χ2v) is 3.73. The van der Waals surface area contributed by atoms with Crippen LogP contribution >= 0.6 is 0 Å². The van der Waals surface area contributed by atoms with Crippen LogP contribution in [0.25, 0.3) is 0 Å². The second-order valence-electron chi connectivity index (χ2n) is 3.73. The molecule has 4 heteroatoms. The third-order valence-corrected chi connectivity index (χ3v) is 2.48. The number of carbonyl (C=O) groups is 1. The third-order valence-electron chi connectivity index (χ3n) is 2.48. The minimum atomic E-state index is -0.476. The van der Waals surface area contributed by atoms with Crippen LogP contribution in [0.4, 0.5) is 0 Å². The van der Waals surface area contributed by atoms with Gasteiger partial charge in [0.15, 0.2) is 5.69 Å². The number of hydrogen-bond donors (Lipinski definition) is 0. The topological polar surface area (TPSA) is 52.1 Å². The normalized spacial score (nSPS) is 10.0. The lowest BCUT2D eigenvalue weighted by Crippen LogP contribution is -2.10. The second kappa shape index (κ2) is 4.74. The molecule has 86 valence electrons. The van der Waals surface area contributed by atoms with Gasteiger partial charge in [-0.05, 0) is 43.2 Å². The minimum absolute atomic E-state index is 0.248. The Hall–Kier alpha value is -2.23. The van der Waals surface area contributed by atoms with Crippen molar-refractivity contribution in [1.29, 1.82) is 0 Å². The molecule has 0 N–H and O–H groups in total. The van der Waals surface area contributed by atoms with E-state index in [-0.39, 0.29) is 5.69 Å². The highest BCUT2D eigenvalue weighted by atomic mass is 16.5. The molecule has 1 aromatic heterocycles. The van der Waals surface area contributed by atoms with Gasteiger partial charge in [-0.25, -0.2) is 14.8 Å². The molecular formula is C13H12N2O2. The Morgan fingerprint density at radius 2 is 2.00 bits per heavy atom. The summed E-state index contributed by atoms with van der Waals surface area (Å²) in [5, 5.41) is 0. The molecule has 0 amide bonds. The quantitative estimate of drug-likeness (QED) is 0.584. The Morgan fingerprint density at radius 1 is 1.18 bits per heavy atom. The van der Waals surface area contributed by atoms with E-state index in [1.54, 1.807) is 6.07 Å². The van der Waals surface area contributed by atoms with Gasteiger partial charge in [0.05, 0.1) is 0 Å². The van der Waals surface area contributed by atoms with Crippen molar-refractivity contribution in [3.8, 4) is 5.75 Å². The molecule has 1 aromatic carbocycles. The number of ether oxygens (including phenoxy) is 1. The van der Waals surface area contributed by atoms with Crippen LogP contribution in [-0.4, -0.2) is 15.9 Å². The summed E-state index contributed by atoms with van der Waals surface area (Å²) in [6.07, 6.45) is 2.82. The Kier molecular flexibility index (Phi) is 3.14. The molecule has 0 spiro atoms.